The summed E-state index contributed by atoms with van der Waals surface area (Å²) in [5.41, 5.74) is 5.20. The van der Waals surface area contributed by atoms with Gasteiger partial charge in [-0.25, -0.2) is 9.97 Å². The Labute approximate surface area is 157 Å². The molecule has 140 valence electrons. The van der Waals surface area contributed by atoms with Gasteiger partial charge in [0.25, 0.3) is 0 Å². The fourth-order valence-corrected chi connectivity index (χ4v) is 3.27. The first-order valence-corrected chi connectivity index (χ1v) is 8.84. The number of benzene rings is 1. The minimum Gasteiger partial charge on any atom is -0.497 e. The molecule has 0 unspecified atom stereocenters. The number of rotatable bonds is 6. The van der Waals surface area contributed by atoms with Crippen LogP contribution in [0.25, 0.3) is 16.6 Å². The molecule has 0 bridgehead atoms. The minimum atomic E-state index is 0.574. The van der Waals surface area contributed by atoms with E-state index in [1.165, 1.54) is 5.57 Å². The average molecular weight is 366 g/mol. The van der Waals surface area contributed by atoms with E-state index in [2.05, 4.69) is 26.3 Å². The number of methoxy groups -OCH3 is 2. The highest BCUT2D eigenvalue weighted by molar-refractivity contribution is 5.95. The Hall–Kier alpha value is -3.06. The van der Waals surface area contributed by atoms with E-state index < -0.39 is 0 Å². The van der Waals surface area contributed by atoms with Crippen molar-refractivity contribution in [3.8, 4) is 11.5 Å². The number of hydrogen-bond donors (Lipinski definition) is 2. The van der Waals surface area contributed by atoms with Crippen LogP contribution in [0, 0.1) is 0 Å². The van der Waals surface area contributed by atoms with E-state index in [0.717, 1.165) is 52.5 Å². The van der Waals surface area contributed by atoms with Crippen molar-refractivity contribution >= 4 is 22.4 Å². The molecule has 4 rings (SSSR count). The maximum atomic E-state index is 5.47. The van der Waals surface area contributed by atoms with E-state index in [0.29, 0.717) is 13.2 Å². The summed E-state index contributed by atoms with van der Waals surface area (Å²) in [5, 5.41) is 3.39. The summed E-state index contributed by atoms with van der Waals surface area (Å²) in [7, 11) is 3.29. The molecule has 1 aliphatic heterocycles. The van der Waals surface area contributed by atoms with Crippen LogP contribution in [-0.2, 0) is 11.3 Å². The van der Waals surface area contributed by atoms with Gasteiger partial charge < -0.3 is 24.5 Å². The highest BCUT2D eigenvalue weighted by Gasteiger charge is 2.15. The third kappa shape index (κ3) is 3.46. The average Bonchev–Trinajstić information content (AvgIpc) is 3.17. The van der Waals surface area contributed by atoms with Gasteiger partial charge in [0.1, 0.15) is 28.9 Å². The number of ether oxygens (including phenoxy) is 3. The Balaban J connectivity index is 1.60. The molecule has 7 nitrogen and oxygen atoms in total. The zero-order valence-electron chi connectivity index (χ0n) is 15.4. The van der Waals surface area contributed by atoms with E-state index >= 15 is 0 Å². The van der Waals surface area contributed by atoms with Crippen molar-refractivity contribution in [2.24, 2.45) is 0 Å². The molecular weight excluding hydrogens is 344 g/mol. The highest BCUT2D eigenvalue weighted by atomic mass is 16.5. The lowest BCUT2D eigenvalue weighted by molar-refractivity contribution is 0.161. The lowest BCUT2D eigenvalue weighted by Crippen LogP contribution is -2.05. The van der Waals surface area contributed by atoms with E-state index in [9.17, 15) is 0 Å². The molecule has 3 heterocycles. The first-order chi connectivity index (χ1) is 13.3. The second kappa shape index (κ2) is 7.67. The summed E-state index contributed by atoms with van der Waals surface area (Å²) in [6, 6.07) is 5.77. The standard InChI is InChI=1S/C20H22N4O3/c1-25-15-4-3-14(17(9-15)26-2)10-22-20-19-18(23-12-24-20)16(11-21-19)13-5-7-27-8-6-13/h3-5,9,11-12,21H,6-8,10H2,1-2H3,(H,22,23,24). The van der Waals surface area contributed by atoms with Crippen LogP contribution in [0.4, 0.5) is 5.82 Å². The van der Waals surface area contributed by atoms with E-state index in [1.54, 1.807) is 20.5 Å². The van der Waals surface area contributed by atoms with Crippen molar-refractivity contribution in [3.05, 3.63) is 47.9 Å². The van der Waals surface area contributed by atoms with Crippen molar-refractivity contribution in [2.45, 2.75) is 13.0 Å². The van der Waals surface area contributed by atoms with Crippen molar-refractivity contribution in [1.29, 1.82) is 0 Å². The molecular formula is C20H22N4O3. The molecule has 0 saturated heterocycles. The third-order valence-electron chi connectivity index (χ3n) is 4.71. The second-order valence-corrected chi connectivity index (χ2v) is 6.23. The summed E-state index contributed by atoms with van der Waals surface area (Å²) < 4.78 is 16.1. The fraction of sp³-hybridized carbons (Fsp3) is 0.300. The molecule has 0 fully saturated rings. The van der Waals surface area contributed by atoms with Gasteiger partial charge in [-0.05, 0) is 24.1 Å². The van der Waals surface area contributed by atoms with E-state index in [4.69, 9.17) is 14.2 Å². The summed E-state index contributed by atoms with van der Waals surface area (Å²) >= 11 is 0. The Morgan fingerprint density at radius 1 is 1.22 bits per heavy atom. The smallest absolute Gasteiger partial charge is 0.154 e. The fourth-order valence-electron chi connectivity index (χ4n) is 3.27. The van der Waals surface area contributed by atoms with Gasteiger partial charge in [-0.1, -0.05) is 6.08 Å². The summed E-state index contributed by atoms with van der Waals surface area (Å²) in [5.74, 6) is 2.29. The second-order valence-electron chi connectivity index (χ2n) is 6.23. The Kier molecular flexibility index (Phi) is 4.93. The van der Waals surface area contributed by atoms with Crippen LogP contribution in [0.15, 0.2) is 36.8 Å². The van der Waals surface area contributed by atoms with Gasteiger partial charge in [-0.3, -0.25) is 0 Å². The summed E-state index contributed by atoms with van der Waals surface area (Å²) in [6.45, 7) is 1.96. The molecule has 0 spiro atoms. The van der Waals surface area contributed by atoms with E-state index in [1.807, 2.05) is 24.4 Å². The normalized spacial score (nSPS) is 14.1. The van der Waals surface area contributed by atoms with Gasteiger partial charge in [0.2, 0.25) is 0 Å². The molecule has 0 saturated carbocycles. The maximum absolute atomic E-state index is 5.47. The zero-order chi connectivity index (χ0) is 18.6. The number of hydrogen-bond acceptors (Lipinski definition) is 6. The van der Waals surface area contributed by atoms with Gasteiger partial charge in [-0.15, -0.1) is 0 Å². The molecule has 0 atom stereocenters. The zero-order valence-corrected chi connectivity index (χ0v) is 15.4. The monoisotopic (exact) mass is 366 g/mol. The van der Waals surface area contributed by atoms with Gasteiger partial charge in [0, 0.05) is 29.9 Å². The number of fused-ring (bicyclic) bond motifs is 1. The highest BCUT2D eigenvalue weighted by Crippen LogP contribution is 2.30. The van der Waals surface area contributed by atoms with Crippen LogP contribution < -0.4 is 14.8 Å². The molecule has 0 aliphatic carbocycles. The van der Waals surface area contributed by atoms with Crippen LogP contribution in [0.5, 0.6) is 11.5 Å². The van der Waals surface area contributed by atoms with Crippen LogP contribution in [0.3, 0.4) is 0 Å². The number of H-pyrrole nitrogens is 1. The molecule has 0 amide bonds. The summed E-state index contributed by atoms with van der Waals surface area (Å²) in [6.07, 6.45) is 6.59. The lowest BCUT2D eigenvalue weighted by atomic mass is 10.0. The van der Waals surface area contributed by atoms with Crippen molar-refractivity contribution in [1.82, 2.24) is 15.0 Å². The molecule has 0 radical (unpaired) electrons. The topological polar surface area (TPSA) is 81.3 Å². The predicted molar refractivity (Wildman–Crippen MR) is 104 cm³/mol. The molecule has 3 aromatic rings. The number of anilines is 1. The molecule has 1 aliphatic rings. The number of aromatic amines is 1. The molecule has 2 N–H and O–H groups in total. The first kappa shape index (κ1) is 17.4. The molecule has 27 heavy (non-hydrogen) atoms. The molecule has 1 aromatic carbocycles. The summed E-state index contributed by atoms with van der Waals surface area (Å²) in [4.78, 5) is 12.2. The number of nitrogens with one attached hydrogen (secondary N) is 2. The Morgan fingerprint density at radius 2 is 2.15 bits per heavy atom. The van der Waals surface area contributed by atoms with Crippen LogP contribution in [0.1, 0.15) is 17.5 Å². The van der Waals surface area contributed by atoms with Gasteiger partial charge in [0.15, 0.2) is 5.82 Å². The van der Waals surface area contributed by atoms with Crippen molar-refractivity contribution in [3.63, 3.8) is 0 Å². The minimum absolute atomic E-state index is 0.574. The van der Waals surface area contributed by atoms with E-state index in [-0.39, 0.29) is 0 Å². The number of aromatic nitrogens is 3. The lowest BCUT2D eigenvalue weighted by Gasteiger charge is -2.13. The van der Waals surface area contributed by atoms with Gasteiger partial charge in [0.05, 0.1) is 27.4 Å². The first-order valence-electron chi connectivity index (χ1n) is 8.84. The van der Waals surface area contributed by atoms with Crippen molar-refractivity contribution in [2.75, 3.05) is 32.8 Å². The Morgan fingerprint density at radius 3 is 2.93 bits per heavy atom. The Bertz CT molecular complexity index is 981. The third-order valence-corrected chi connectivity index (χ3v) is 4.71. The predicted octanol–water partition coefficient (Wildman–Crippen LogP) is 3.39. The van der Waals surface area contributed by atoms with Crippen LogP contribution >= 0.6 is 0 Å². The van der Waals surface area contributed by atoms with Gasteiger partial charge in [-0.2, -0.15) is 0 Å². The van der Waals surface area contributed by atoms with Crippen LogP contribution in [0.2, 0.25) is 0 Å². The SMILES string of the molecule is COc1ccc(CNc2ncnc3c(C4=CCOCC4)c[nH]c23)c(OC)c1. The number of nitrogens with zero attached hydrogens (tertiary/aromatic N) is 2. The van der Waals surface area contributed by atoms with Crippen LogP contribution in [-0.4, -0.2) is 42.4 Å². The molecule has 2 aromatic heterocycles. The molecule has 7 heteroatoms. The largest absolute Gasteiger partial charge is 0.497 e. The maximum Gasteiger partial charge on any atom is 0.154 e. The quantitative estimate of drug-likeness (QED) is 0.696. The van der Waals surface area contributed by atoms with Crippen molar-refractivity contribution < 1.29 is 14.2 Å². The van der Waals surface area contributed by atoms with Gasteiger partial charge >= 0.3 is 0 Å².